The van der Waals surface area contributed by atoms with Crippen LogP contribution in [-0.2, 0) is 0 Å². The first-order valence-electron chi connectivity index (χ1n) is 5.89. The van der Waals surface area contributed by atoms with E-state index in [0.717, 1.165) is 18.4 Å². The molecule has 0 amide bonds. The van der Waals surface area contributed by atoms with Gasteiger partial charge in [0.15, 0.2) is 0 Å². The fourth-order valence-corrected chi connectivity index (χ4v) is 1.95. The smallest absolute Gasteiger partial charge is 0.0384 e. The number of aliphatic imine (C=N–C) groups is 1. The molecule has 0 aromatic carbocycles. The van der Waals surface area contributed by atoms with Crippen LogP contribution < -0.4 is 0 Å². The Morgan fingerprint density at radius 3 is 2.07 bits per heavy atom. The predicted octanol–water partition coefficient (Wildman–Crippen LogP) is 4.18. The van der Waals surface area contributed by atoms with Gasteiger partial charge < -0.3 is 4.99 Å². The van der Waals surface area contributed by atoms with E-state index in [0.29, 0.717) is 5.41 Å². The highest BCUT2D eigenvalue weighted by Crippen LogP contribution is 2.39. The van der Waals surface area contributed by atoms with Crippen molar-refractivity contribution < 1.29 is 0 Å². The lowest BCUT2D eigenvalue weighted by Gasteiger charge is -2.37. The molecule has 0 aromatic heterocycles. The van der Waals surface area contributed by atoms with Gasteiger partial charge >= 0.3 is 0 Å². The van der Waals surface area contributed by atoms with Crippen LogP contribution in [0.5, 0.6) is 0 Å². The fourth-order valence-electron chi connectivity index (χ4n) is 1.95. The van der Waals surface area contributed by atoms with Gasteiger partial charge in [0.25, 0.3) is 0 Å². The van der Waals surface area contributed by atoms with Crippen molar-refractivity contribution in [3.05, 3.63) is 0 Å². The Kier molecular flexibility index (Phi) is 6.06. The molecule has 0 radical (unpaired) electrons. The average molecular weight is 197 g/mol. The first kappa shape index (κ1) is 13.7. The lowest BCUT2D eigenvalue weighted by atomic mass is 9.68. The number of nitrogens with zero attached hydrogens (tertiary/aromatic N) is 1. The highest BCUT2D eigenvalue weighted by Gasteiger charge is 2.30. The van der Waals surface area contributed by atoms with E-state index in [4.69, 9.17) is 0 Å². The molecule has 2 atom stereocenters. The van der Waals surface area contributed by atoms with Gasteiger partial charge in [-0.3, -0.25) is 0 Å². The summed E-state index contributed by atoms with van der Waals surface area (Å²) in [5.41, 5.74) is 0.431. The normalized spacial score (nSPS) is 16.4. The van der Waals surface area contributed by atoms with Crippen molar-refractivity contribution in [1.29, 1.82) is 0 Å². The van der Waals surface area contributed by atoms with Crippen LogP contribution in [-0.4, -0.2) is 13.3 Å². The monoisotopic (exact) mass is 197 g/mol. The van der Waals surface area contributed by atoms with Crippen molar-refractivity contribution in [2.45, 2.75) is 53.9 Å². The molecule has 2 unspecified atom stereocenters. The third-order valence-electron chi connectivity index (χ3n) is 3.98. The first-order chi connectivity index (χ1) is 6.46. The van der Waals surface area contributed by atoms with Gasteiger partial charge in [0.1, 0.15) is 0 Å². The van der Waals surface area contributed by atoms with Gasteiger partial charge in [0.2, 0.25) is 0 Å². The lowest BCUT2D eigenvalue weighted by Crippen LogP contribution is -2.29. The zero-order valence-electron chi connectivity index (χ0n) is 10.6. The number of rotatable bonds is 7. The maximum Gasteiger partial charge on any atom is 0.0384 e. The highest BCUT2D eigenvalue weighted by molar-refractivity contribution is 5.23. The summed E-state index contributed by atoms with van der Waals surface area (Å²) in [4.78, 5) is 3.94. The van der Waals surface area contributed by atoms with Crippen molar-refractivity contribution in [3.63, 3.8) is 0 Å². The van der Waals surface area contributed by atoms with E-state index in [2.05, 4.69) is 46.3 Å². The molecule has 0 aliphatic carbocycles. The SMILES string of the molecule is C=NCCC(C)C(C)(C)C(C)CCC. The second-order valence-corrected chi connectivity index (χ2v) is 5.15. The Morgan fingerprint density at radius 1 is 1.14 bits per heavy atom. The topological polar surface area (TPSA) is 12.4 Å². The van der Waals surface area contributed by atoms with Crippen LogP contribution in [0.2, 0.25) is 0 Å². The highest BCUT2D eigenvalue weighted by atomic mass is 14.7. The summed E-state index contributed by atoms with van der Waals surface area (Å²) in [5, 5.41) is 0. The maximum absolute atomic E-state index is 3.94. The molecular formula is C13H27N. The fraction of sp³-hybridized carbons (Fsp3) is 0.923. The molecule has 14 heavy (non-hydrogen) atoms. The van der Waals surface area contributed by atoms with Crippen molar-refractivity contribution in [2.24, 2.45) is 22.2 Å². The number of hydrogen-bond donors (Lipinski definition) is 0. The average Bonchev–Trinajstić information content (AvgIpc) is 2.14. The van der Waals surface area contributed by atoms with Crippen LogP contribution in [0.4, 0.5) is 0 Å². The summed E-state index contributed by atoms with van der Waals surface area (Å²) in [5.74, 6) is 1.53. The summed E-state index contributed by atoms with van der Waals surface area (Å²) >= 11 is 0. The van der Waals surface area contributed by atoms with Gasteiger partial charge in [-0.15, -0.1) is 0 Å². The molecule has 0 saturated heterocycles. The Balaban J connectivity index is 4.19. The van der Waals surface area contributed by atoms with Crippen molar-refractivity contribution in [1.82, 2.24) is 0 Å². The molecule has 0 aliphatic heterocycles. The summed E-state index contributed by atoms with van der Waals surface area (Å²) in [6, 6.07) is 0. The third kappa shape index (κ3) is 3.81. The largest absolute Gasteiger partial charge is 0.301 e. The molecule has 0 aliphatic rings. The van der Waals surface area contributed by atoms with Gasteiger partial charge in [0.05, 0.1) is 0 Å². The molecule has 0 bridgehead atoms. The molecule has 1 heteroatoms. The van der Waals surface area contributed by atoms with E-state index in [9.17, 15) is 0 Å². The maximum atomic E-state index is 3.94. The summed E-state index contributed by atoms with van der Waals surface area (Å²) in [6.07, 6.45) is 3.79. The van der Waals surface area contributed by atoms with Crippen LogP contribution >= 0.6 is 0 Å². The van der Waals surface area contributed by atoms with E-state index in [-0.39, 0.29) is 0 Å². The van der Waals surface area contributed by atoms with E-state index < -0.39 is 0 Å². The van der Waals surface area contributed by atoms with Crippen LogP contribution in [0.15, 0.2) is 4.99 Å². The molecule has 0 fully saturated rings. The van der Waals surface area contributed by atoms with Gasteiger partial charge in [-0.1, -0.05) is 47.5 Å². The quantitative estimate of drug-likeness (QED) is 0.543. The third-order valence-corrected chi connectivity index (χ3v) is 3.98. The minimum absolute atomic E-state index is 0.431. The van der Waals surface area contributed by atoms with Crippen molar-refractivity contribution in [2.75, 3.05) is 6.54 Å². The van der Waals surface area contributed by atoms with Crippen molar-refractivity contribution >= 4 is 6.72 Å². The van der Waals surface area contributed by atoms with Crippen LogP contribution in [0.1, 0.15) is 53.9 Å². The standard InChI is InChI=1S/C13H27N/c1-7-8-11(2)13(4,5)12(3)9-10-14-6/h11-12H,6-10H2,1-5H3. The molecule has 0 spiro atoms. The van der Waals surface area contributed by atoms with Crippen LogP contribution in [0.3, 0.4) is 0 Å². The zero-order chi connectivity index (χ0) is 11.2. The molecule has 0 saturated carbocycles. The molecule has 0 rings (SSSR count). The molecule has 0 N–H and O–H groups in total. The Labute approximate surface area is 90.0 Å². The van der Waals surface area contributed by atoms with E-state index in [1.807, 2.05) is 0 Å². The second-order valence-electron chi connectivity index (χ2n) is 5.15. The summed E-state index contributed by atoms with van der Waals surface area (Å²) < 4.78 is 0. The Bertz CT molecular complexity index is 161. The Morgan fingerprint density at radius 2 is 1.64 bits per heavy atom. The summed E-state index contributed by atoms with van der Waals surface area (Å²) in [7, 11) is 0. The van der Waals surface area contributed by atoms with Crippen molar-refractivity contribution in [3.8, 4) is 0 Å². The second kappa shape index (κ2) is 6.21. The molecule has 0 heterocycles. The van der Waals surface area contributed by atoms with Gasteiger partial charge in [-0.25, -0.2) is 0 Å². The van der Waals surface area contributed by atoms with Crippen LogP contribution in [0.25, 0.3) is 0 Å². The molecular weight excluding hydrogens is 170 g/mol. The van der Waals surface area contributed by atoms with Gasteiger partial charge in [-0.2, -0.15) is 0 Å². The minimum atomic E-state index is 0.431. The first-order valence-corrected chi connectivity index (χ1v) is 5.89. The minimum Gasteiger partial charge on any atom is -0.301 e. The van der Waals surface area contributed by atoms with E-state index in [1.54, 1.807) is 0 Å². The van der Waals surface area contributed by atoms with Gasteiger partial charge in [0, 0.05) is 6.54 Å². The van der Waals surface area contributed by atoms with Gasteiger partial charge in [-0.05, 0) is 30.4 Å². The number of hydrogen-bond acceptors (Lipinski definition) is 1. The van der Waals surface area contributed by atoms with E-state index >= 15 is 0 Å². The molecule has 0 aromatic rings. The lowest BCUT2D eigenvalue weighted by molar-refractivity contribution is 0.125. The molecule has 1 nitrogen and oxygen atoms in total. The molecule has 84 valence electrons. The predicted molar refractivity (Wildman–Crippen MR) is 66.1 cm³/mol. The summed E-state index contributed by atoms with van der Waals surface area (Å²) in [6.45, 7) is 16.2. The Hall–Kier alpha value is -0.330. The zero-order valence-corrected chi connectivity index (χ0v) is 10.6. The van der Waals surface area contributed by atoms with E-state index in [1.165, 1.54) is 19.3 Å². The van der Waals surface area contributed by atoms with Crippen LogP contribution in [0, 0.1) is 17.3 Å².